The zero-order chi connectivity index (χ0) is 15.7. The van der Waals surface area contributed by atoms with Crippen LogP contribution in [0.25, 0.3) is 10.8 Å². The second-order valence-corrected chi connectivity index (χ2v) is 5.40. The molecule has 0 saturated carbocycles. The van der Waals surface area contributed by atoms with Gasteiger partial charge < -0.3 is 10.0 Å². The van der Waals surface area contributed by atoms with E-state index >= 15 is 0 Å². The van der Waals surface area contributed by atoms with E-state index in [9.17, 15) is 14.9 Å². The number of rotatable bonds is 3. The fourth-order valence-electron chi connectivity index (χ4n) is 2.85. The molecular weight excluding hydrogens is 286 g/mol. The summed E-state index contributed by atoms with van der Waals surface area (Å²) < 4.78 is 0. The minimum Gasteiger partial charge on any atom is -0.481 e. The monoisotopic (exact) mass is 301 g/mol. The third kappa shape index (κ3) is 2.57. The summed E-state index contributed by atoms with van der Waals surface area (Å²) in [5.41, 5.74) is 0.0502. The maximum absolute atomic E-state index is 11.0. The first-order valence-electron chi connectivity index (χ1n) is 7.07. The number of hydrogen-bond acceptors (Lipinski definition) is 5. The van der Waals surface area contributed by atoms with Gasteiger partial charge in [-0.3, -0.25) is 14.9 Å². The van der Waals surface area contributed by atoms with Crippen molar-refractivity contribution in [2.45, 2.75) is 12.8 Å². The number of carboxylic acid groups (broad SMARTS) is 1. The van der Waals surface area contributed by atoms with Crippen LogP contribution in [0.5, 0.6) is 0 Å². The van der Waals surface area contributed by atoms with Gasteiger partial charge in [0.2, 0.25) is 0 Å². The fourth-order valence-corrected chi connectivity index (χ4v) is 2.85. The van der Waals surface area contributed by atoms with E-state index in [1.54, 1.807) is 18.3 Å². The van der Waals surface area contributed by atoms with Gasteiger partial charge >= 0.3 is 5.97 Å². The lowest BCUT2D eigenvalue weighted by atomic mass is 9.97. The van der Waals surface area contributed by atoms with Gasteiger partial charge in [0.15, 0.2) is 0 Å². The first kappa shape index (κ1) is 14.2. The number of aliphatic carboxylic acids is 1. The molecule has 1 aromatic carbocycles. The Balaban J connectivity index is 1.91. The van der Waals surface area contributed by atoms with Crippen LogP contribution in [0.3, 0.4) is 0 Å². The molecule has 0 spiro atoms. The average molecular weight is 301 g/mol. The number of carbonyl (C=O) groups is 1. The van der Waals surface area contributed by atoms with Crippen LogP contribution in [-0.4, -0.2) is 34.1 Å². The number of nitro benzene ring substituents is 1. The topological polar surface area (TPSA) is 96.6 Å². The van der Waals surface area contributed by atoms with Gasteiger partial charge in [0, 0.05) is 36.8 Å². The third-order valence-corrected chi connectivity index (χ3v) is 4.08. The van der Waals surface area contributed by atoms with E-state index in [4.69, 9.17) is 5.11 Å². The van der Waals surface area contributed by atoms with E-state index in [-0.39, 0.29) is 11.6 Å². The lowest BCUT2D eigenvalue weighted by Crippen LogP contribution is -2.36. The van der Waals surface area contributed by atoms with Crippen molar-refractivity contribution in [2.24, 2.45) is 5.92 Å². The van der Waals surface area contributed by atoms with Crippen molar-refractivity contribution in [1.29, 1.82) is 0 Å². The van der Waals surface area contributed by atoms with Crippen LogP contribution in [0.15, 0.2) is 30.5 Å². The summed E-state index contributed by atoms with van der Waals surface area (Å²) in [6.07, 6.45) is 2.80. The fraction of sp³-hybridized carbons (Fsp3) is 0.333. The number of anilines is 1. The molecule has 3 rings (SSSR count). The number of carboxylic acids is 1. The lowest BCUT2D eigenvalue weighted by molar-refractivity contribution is -0.384. The van der Waals surface area contributed by atoms with Gasteiger partial charge in [0.05, 0.1) is 10.8 Å². The molecule has 1 aromatic heterocycles. The molecule has 7 heteroatoms. The van der Waals surface area contributed by atoms with E-state index in [0.717, 1.165) is 16.6 Å². The van der Waals surface area contributed by atoms with Crippen molar-refractivity contribution >= 4 is 28.2 Å². The summed E-state index contributed by atoms with van der Waals surface area (Å²) in [5.74, 6) is -0.287. The molecular formula is C15H15N3O4. The average Bonchev–Trinajstić information content (AvgIpc) is 2.53. The standard InChI is InChI=1S/C15H15N3O4/c19-15(20)10-4-7-17(8-5-10)14-13-2-1-12(18(21)22)9-11(13)3-6-16-14/h1-3,6,9-10H,4-5,7-8H2,(H,19,20). The lowest BCUT2D eigenvalue weighted by Gasteiger charge is -2.31. The number of aromatic nitrogens is 1. The summed E-state index contributed by atoms with van der Waals surface area (Å²) in [4.78, 5) is 27.9. The van der Waals surface area contributed by atoms with Crippen molar-refractivity contribution in [3.8, 4) is 0 Å². The number of fused-ring (bicyclic) bond motifs is 1. The Morgan fingerprint density at radius 2 is 2.05 bits per heavy atom. The van der Waals surface area contributed by atoms with Crippen molar-refractivity contribution < 1.29 is 14.8 Å². The van der Waals surface area contributed by atoms with Crippen LogP contribution in [0.2, 0.25) is 0 Å². The Morgan fingerprint density at radius 1 is 1.32 bits per heavy atom. The number of nitro groups is 1. The van der Waals surface area contributed by atoms with Crippen molar-refractivity contribution in [1.82, 2.24) is 4.98 Å². The van der Waals surface area contributed by atoms with Gasteiger partial charge in [-0.15, -0.1) is 0 Å². The van der Waals surface area contributed by atoms with Gasteiger partial charge in [0.1, 0.15) is 5.82 Å². The number of piperidine rings is 1. The van der Waals surface area contributed by atoms with Gasteiger partial charge in [-0.1, -0.05) is 0 Å². The Bertz CT molecular complexity index is 739. The molecule has 2 aromatic rings. The molecule has 0 unspecified atom stereocenters. The van der Waals surface area contributed by atoms with Crippen LogP contribution in [-0.2, 0) is 4.79 Å². The molecule has 1 aliphatic rings. The zero-order valence-corrected chi connectivity index (χ0v) is 11.8. The first-order chi connectivity index (χ1) is 10.6. The Hall–Kier alpha value is -2.70. The van der Waals surface area contributed by atoms with E-state index in [1.807, 2.05) is 4.90 Å². The zero-order valence-electron chi connectivity index (χ0n) is 11.8. The van der Waals surface area contributed by atoms with Crippen LogP contribution >= 0.6 is 0 Å². The highest BCUT2D eigenvalue weighted by Gasteiger charge is 2.26. The SMILES string of the molecule is O=C(O)C1CCN(c2nccc3cc([N+](=O)[O-])ccc23)CC1. The molecule has 1 saturated heterocycles. The predicted octanol–water partition coefficient (Wildman–Crippen LogP) is 2.44. The van der Waals surface area contributed by atoms with Crippen molar-refractivity contribution in [3.63, 3.8) is 0 Å². The molecule has 0 bridgehead atoms. The van der Waals surface area contributed by atoms with E-state index < -0.39 is 10.9 Å². The van der Waals surface area contributed by atoms with Crippen molar-refractivity contribution in [2.75, 3.05) is 18.0 Å². The molecule has 7 nitrogen and oxygen atoms in total. The Labute approximate surface area is 126 Å². The second-order valence-electron chi connectivity index (χ2n) is 5.40. The number of hydrogen-bond donors (Lipinski definition) is 1. The third-order valence-electron chi connectivity index (χ3n) is 4.08. The molecule has 0 amide bonds. The summed E-state index contributed by atoms with van der Waals surface area (Å²) >= 11 is 0. The normalized spacial score (nSPS) is 15.9. The summed E-state index contributed by atoms with van der Waals surface area (Å²) in [6.45, 7) is 1.25. The Morgan fingerprint density at radius 3 is 2.68 bits per heavy atom. The molecule has 1 aliphatic heterocycles. The molecule has 114 valence electrons. The number of pyridine rings is 1. The molecule has 0 radical (unpaired) electrons. The highest BCUT2D eigenvalue weighted by Crippen LogP contribution is 2.30. The molecule has 2 heterocycles. The minimum absolute atomic E-state index is 0.0502. The number of nitrogens with zero attached hydrogens (tertiary/aromatic N) is 3. The highest BCUT2D eigenvalue weighted by atomic mass is 16.6. The minimum atomic E-state index is -0.749. The molecule has 1 fully saturated rings. The van der Waals surface area contributed by atoms with E-state index in [1.165, 1.54) is 12.1 Å². The molecule has 0 atom stereocenters. The van der Waals surface area contributed by atoms with Gasteiger partial charge in [-0.25, -0.2) is 4.98 Å². The smallest absolute Gasteiger partial charge is 0.306 e. The first-order valence-corrected chi connectivity index (χ1v) is 7.07. The Kier molecular flexibility index (Phi) is 3.62. The van der Waals surface area contributed by atoms with Gasteiger partial charge in [0.25, 0.3) is 5.69 Å². The van der Waals surface area contributed by atoms with Crippen molar-refractivity contribution in [3.05, 3.63) is 40.6 Å². The van der Waals surface area contributed by atoms with E-state index in [2.05, 4.69) is 4.98 Å². The summed E-state index contributed by atoms with van der Waals surface area (Å²) in [5, 5.41) is 21.5. The molecule has 1 N–H and O–H groups in total. The van der Waals surface area contributed by atoms with Crippen LogP contribution < -0.4 is 4.90 Å². The van der Waals surface area contributed by atoms with Crippen LogP contribution in [0, 0.1) is 16.0 Å². The number of non-ortho nitro benzene ring substituents is 1. The van der Waals surface area contributed by atoms with Crippen LogP contribution in [0.4, 0.5) is 11.5 Å². The quantitative estimate of drug-likeness (QED) is 0.691. The van der Waals surface area contributed by atoms with Crippen LogP contribution in [0.1, 0.15) is 12.8 Å². The van der Waals surface area contributed by atoms with Gasteiger partial charge in [-0.2, -0.15) is 0 Å². The molecule has 22 heavy (non-hydrogen) atoms. The summed E-state index contributed by atoms with van der Waals surface area (Å²) in [7, 11) is 0. The largest absolute Gasteiger partial charge is 0.481 e. The summed E-state index contributed by atoms with van der Waals surface area (Å²) in [6, 6.07) is 6.46. The number of benzene rings is 1. The molecule has 0 aliphatic carbocycles. The predicted molar refractivity (Wildman–Crippen MR) is 81.0 cm³/mol. The highest BCUT2D eigenvalue weighted by molar-refractivity contribution is 5.93. The second kappa shape index (κ2) is 5.59. The van der Waals surface area contributed by atoms with E-state index in [0.29, 0.717) is 25.9 Å². The van der Waals surface area contributed by atoms with Gasteiger partial charge in [-0.05, 0) is 30.4 Å². The maximum Gasteiger partial charge on any atom is 0.306 e. The maximum atomic E-state index is 11.0.